The number of nitrogens with zero attached hydrogens (tertiary/aromatic N) is 1. The van der Waals surface area contributed by atoms with Crippen molar-refractivity contribution in [1.29, 1.82) is 0 Å². The Morgan fingerprint density at radius 3 is 2.47 bits per heavy atom. The fraction of sp³-hybridized carbons (Fsp3) is 0.750. The first-order chi connectivity index (χ1) is 6.88. The number of carbonyl (C=O) groups is 1. The smallest absolute Gasteiger partial charge is 0.408 e. The molecule has 0 unspecified atom stereocenters. The number of hydrogen-bond donors (Lipinski definition) is 1. The lowest BCUT2D eigenvalue weighted by molar-refractivity contribution is 0.0642. The van der Waals surface area contributed by atoms with Gasteiger partial charge in [-0.3, -0.25) is 4.90 Å². The van der Waals surface area contributed by atoms with Crippen LogP contribution in [0.2, 0.25) is 0 Å². The molecule has 1 fully saturated rings. The molecule has 1 N–H and O–H groups in total. The van der Waals surface area contributed by atoms with Gasteiger partial charge < -0.3 is 5.11 Å². The van der Waals surface area contributed by atoms with Crippen LogP contribution in [0.1, 0.15) is 40.0 Å². The second-order valence-electron chi connectivity index (χ2n) is 5.09. The third kappa shape index (κ3) is 2.44. The predicted octanol–water partition coefficient (Wildman–Crippen LogP) is 2.57. The van der Waals surface area contributed by atoms with Gasteiger partial charge in [-0.15, -0.1) is 12.3 Å². The Labute approximate surface area is 91.5 Å². The first kappa shape index (κ1) is 11.9. The number of carboxylic acid groups (broad SMARTS) is 1. The van der Waals surface area contributed by atoms with E-state index in [4.69, 9.17) is 6.42 Å². The van der Waals surface area contributed by atoms with Crippen LogP contribution in [-0.4, -0.2) is 27.7 Å². The van der Waals surface area contributed by atoms with E-state index < -0.39 is 6.09 Å². The predicted molar refractivity (Wildman–Crippen MR) is 59.6 cm³/mol. The maximum Gasteiger partial charge on any atom is 0.408 e. The topological polar surface area (TPSA) is 40.5 Å². The molecule has 2 atom stereocenters. The first-order valence-electron chi connectivity index (χ1n) is 5.36. The summed E-state index contributed by atoms with van der Waals surface area (Å²) in [5, 5.41) is 9.24. The van der Waals surface area contributed by atoms with Crippen LogP contribution in [0.3, 0.4) is 0 Å². The second-order valence-corrected chi connectivity index (χ2v) is 5.09. The molecule has 0 saturated heterocycles. The molecule has 1 aliphatic carbocycles. The van der Waals surface area contributed by atoms with E-state index in [0.717, 1.165) is 19.3 Å². The van der Waals surface area contributed by atoms with Crippen molar-refractivity contribution in [2.75, 3.05) is 0 Å². The summed E-state index contributed by atoms with van der Waals surface area (Å²) in [6.45, 7) is 5.73. The average molecular weight is 209 g/mol. The van der Waals surface area contributed by atoms with E-state index in [2.05, 4.69) is 5.92 Å². The molecule has 0 spiro atoms. The van der Waals surface area contributed by atoms with Crippen molar-refractivity contribution in [2.24, 2.45) is 5.92 Å². The van der Waals surface area contributed by atoms with Gasteiger partial charge in [0.2, 0.25) is 0 Å². The molecule has 3 heteroatoms. The number of rotatable bonds is 1. The second kappa shape index (κ2) is 4.14. The zero-order valence-electron chi connectivity index (χ0n) is 9.66. The Morgan fingerprint density at radius 2 is 2.07 bits per heavy atom. The zero-order valence-corrected chi connectivity index (χ0v) is 9.66. The highest BCUT2D eigenvalue weighted by Crippen LogP contribution is 2.33. The maximum atomic E-state index is 11.3. The van der Waals surface area contributed by atoms with Gasteiger partial charge in [-0.1, -0.05) is 6.42 Å². The van der Waals surface area contributed by atoms with Crippen molar-refractivity contribution in [3.05, 3.63) is 0 Å². The fourth-order valence-corrected chi connectivity index (χ4v) is 2.37. The molecule has 1 aliphatic rings. The highest BCUT2D eigenvalue weighted by atomic mass is 16.4. The van der Waals surface area contributed by atoms with E-state index in [0.29, 0.717) is 0 Å². The molecule has 84 valence electrons. The van der Waals surface area contributed by atoms with E-state index in [1.807, 2.05) is 20.8 Å². The van der Waals surface area contributed by atoms with Gasteiger partial charge in [0.05, 0.1) is 0 Å². The lowest BCUT2D eigenvalue weighted by Gasteiger charge is -2.39. The molecule has 0 aromatic rings. The standard InChI is InChI=1S/C12H19NO2/c1-5-9-7-6-8-10(9)13(11(14)15)12(2,3)4/h1,9-10H,6-8H2,2-4H3,(H,14,15)/t9-,10-/m1/s1. The van der Waals surface area contributed by atoms with Gasteiger partial charge in [0.15, 0.2) is 0 Å². The molecule has 1 amide bonds. The van der Waals surface area contributed by atoms with E-state index in [-0.39, 0.29) is 17.5 Å². The molecule has 3 nitrogen and oxygen atoms in total. The molecule has 0 heterocycles. The summed E-state index contributed by atoms with van der Waals surface area (Å²) in [7, 11) is 0. The van der Waals surface area contributed by atoms with Crippen molar-refractivity contribution < 1.29 is 9.90 Å². The number of hydrogen-bond acceptors (Lipinski definition) is 1. The highest BCUT2D eigenvalue weighted by molar-refractivity contribution is 5.66. The minimum Gasteiger partial charge on any atom is -0.465 e. The highest BCUT2D eigenvalue weighted by Gasteiger charge is 2.39. The van der Waals surface area contributed by atoms with Crippen LogP contribution >= 0.6 is 0 Å². The van der Waals surface area contributed by atoms with Gasteiger partial charge in [-0.25, -0.2) is 4.79 Å². The van der Waals surface area contributed by atoms with Crippen LogP contribution in [0, 0.1) is 18.3 Å². The van der Waals surface area contributed by atoms with Gasteiger partial charge in [0.1, 0.15) is 0 Å². The Hall–Kier alpha value is -1.17. The van der Waals surface area contributed by atoms with Crippen molar-refractivity contribution in [3.63, 3.8) is 0 Å². The number of amides is 1. The fourth-order valence-electron chi connectivity index (χ4n) is 2.37. The van der Waals surface area contributed by atoms with Gasteiger partial charge in [-0.2, -0.15) is 0 Å². The van der Waals surface area contributed by atoms with Crippen LogP contribution in [-0.2, 0) is 0 Å². The van der Waals surface area contributed by atoms with Crippen LogP contribution in [0.5, 0.6) is 0 Å². The van der Waals surface area contributed by atoms with Crippen molar-refractivity contribution >= 4 is 6.09 Å². The lowest BCUT2D eigenvalue weighted by atomic mass is 9.97. The summed E-state index contributed by atoms with van der Waals surface area (Å²) in [4.78, 5) is 12.8. The summed E-state index contributed by atoms with van der Waals surface area (Å²) >= 11 is 0. The van der Waals surface area contributed by atoms with Gasteiger partial charge in [-0.05, 0) is 33.6 Å². The third-order valence-electron chi connectivity index (χ3n) is 2.95. The van der Waals surface area contributed by atoms with E-state index >= 15 is 0 Å². The quantitative estimate of drug-likeness (QED) is 0.674. The van der Waals surface area contributed by atoms with Crippen LogP contribution < -0.4 is 0 Å². The van der Waals surface area contributed by atoms with Gasteiger partial charge >= 0.3 is 6.09 Å². The summed E-state index contributed by atoms with van der Waals surface area (Å²) in [5.41, 5.74) is -0.379. The molecule has 0 aromatic carbocycles. The lowest BCUT2D eigenvalue weighted by Crippen LogP contribution is -2.52. The molecule has 1 saturated carbocycles. The Balaban J connectivity index is 2.91. The molecular weight excluding hydrogens is 190 g/mol. The molecule has 0 aromatic heterocycles. The van der Waals surface area contributed by atoms with Gasteiger partial charge in [0, 0.05) is 17.5 Å². The largest absolute Gasteiger partial charge is 0.465 e. The number of terminal acetylenes is 1. The molecule has 0 bridgehead atoms. The Bertz CT molecular complexity index is 285. The molecule has 15 heavy (non-hydrogen) atoms. The van der Waals surface area contributed by atoms with E-state index in [1.165, 1.54) is 4.90 Å². The van der Waals surface area contributed by atoms with Crippen LogP contribution in [0.4, 0.5) is 4.79 Å². The zero-order chi connectivity index (χ0) is 11.6. The summed E-state index contributed by atoms with van der Waals surface area (Å²) in [5.74, 6) is 2.80. The van der Waals surface area contributed by atoms with Crippen molar-refractivity contribution in [1.82, 2.24) is 4.90 Å². The third-order valence-corrected chi connectivity index (χ3v) is 2.95. The van der Waals surface area contributed by atoms with E-state index in [9.17, 15) is 9.90 Å². The molecular formula is C12H19NO2. The van der Waals surface area contributed by atoms with Crippen molar-refractivity contribution in [2.45, 2.75) is 51.6 Å². The minimum atomic E-state index is -0.866. The summed E-state index contributed by atoms with van der Waals surface area (Å²) in [6.07, 6.45) is 7.43. The van der Waals surface area contributed by atoms with E-state index in [1.54, 1.807) is 0 Å². The SMILES string of the molecule is C#C[C@@H]1CCC[C@H]1N(C(=O)O)C(C)(C)C. The van der Waals surface area contributed by atoms with Gasteiger partial charge in [0.25, 0.3) is 0 Å². The average Bonchev–Trinajstić information content (AvgIpc) is 2.48. The molecule has 1 rings (SSSR count). The Morgan fingerprint density at radius 1 is 1.47 bits per heavy atom. The maximum absolute atomic E-state index is 11.3. The van der Waals surface area contributed by atoms with Crippen LogP contribution in [0.15, 0.2) is 0 Å². The molecule has 0 radical (unpaired) electrons. The van der Waals surface area contributed by atoms with Crippen LogP contribution in [0.25, 0.3) is 0 Å². The first-order valence-corrected chi connectivity index (χ1v) is 5.36. The summed E-state index contributed by atoms with van der Waals surface area (Å²) in [6, 6.07) is -0.00694. The van der Waals surface area contributed by atoms with Crippen molar-refractivity contribution in [3.8, 4) is 12.3 Å². The normalized spacial score (nSPS) is 26.0. The minimum absolute atomic E-state index is 0.00694. The monoisotopic (exact) mass is 209 g/mol. The Kier molecular flexibility index (Phi) is 3.28. The summed E-state index contributed by atoms with van der Waals surface area (Å²) < 4.78 is 0. The molecule has 0 aliphatic heterocycles.